The predicted molar refractivity (Wildman–Crippen MR) is 63.2 cm³/mol. The van der Waals surface area contributed by atoms with E-state index in [0.717, 1.165) is 0 Å². The molecule has 1 rings (SSSR count). The Labute approximate surface area is 101 Å². The van der Waals surface area contributed by atoms with Gasteiger partial charge in [-0.3, -0.25) is 0 Å². The Morgan fingerprint density at radius 3 is 2.53 bits per heavy atom. The van der Waals surface area contributed by atoms with Gasteiger partial charge in [0.25, 0.3) is 0 Å². The first-order valence-corrected chi connectivity index (χ1v) is 6.56. The molecule has 0 radical (unpaired) electrons. The van der Waals surface area contributed by atoms with Crippen LogP contribution in [-0.2, 0) is 14.8 Å². The molecule has 0 saturated carbocycles. The molecule has 0 spiro atoms. The summed E-state index contributed by atoms with van der Waals surface area (Å²) in [5.41, 5.74) is 0.208. The molecule has 0 aliphatic carbocycles. The van der Waals surface area contributed by atoms with E-state index in [4.69, 9.17) is 0 Å². The second-order valence-corrected chi connectivity index (χ2v) is 5.51. The Bertz CT molecular complexity index is 508. The van der Waals surface area contributed by atoms with Crippen LogP contribution in [0.4, 0.5) is 0 Å². The molecule has 0 aliphatic heterocycles. The number of benzene rings is 1. The summed E-state index contributed by atoms with van der Waals surface area (Å²) in [4.78, 5) is 11.3. The molecule has 0 amide bonds. The van der Waals surface area contributed by atoms with Crippen LogP contribution in [0.1, 0.15) is 24.2 Å². The number of nitrogens with one attached hydrogen (secondary N) is 1. The lowest BCUT2D eigenvalue weighted by Crippen LogP contribution is -2.30. The first-order chi connectivity index (χ1) is 7.86. The van der Waals surface area contributed by atoms with Crippen molar-refractivity contribution in [3.63, 3.8) is 0 Å². The zero-order chi connectivity index (χ0) is 13.1. The van der Waals surface area contributed by atoms with Crippen molar-refractivity contribution in [3.05, 3.63) is 29.8 Å². The number of carbonyl (C=O) groups is 1. The third-order valence-corrected chi connectivity index (χ3v) is 3.61. The first kappa shape index (κ1) is 13.7. The van der Waals surface area contributed by atoms with Crippen molar-refractivity contribution in [2.24, 2.45) is 0 Å². The highest BCUT2D eigenvalue weighted by atomic mass is 32.2. The molecule has 0 aliphatic rings. The van der Waals surface area contributed by atoms with Crippen LogP contribution in [0.15, 0.2) is 29.2 Å². The summed E-state index contributed by atoms with van der Waals surface area (Å²) in [6.45, 7) is 3.45. The van der Waals surface area contributed by atoms with E-state index in [0.29, 0.717) is 0 Å². The monoisotopic (exact) mass is 257 g/mol. The van der Waals surface area contributed by atoms with Gasteiger partial charge < -0.3 is 4.74 Å². The first-order valence-electron chi connectivity index (χ1n) is 5.07. The van der Waals surface area contributed by atoms with Crippen LogP contribution in [0.5, 0.6) is 0 Å². The van der Waals surface area contributed by atoms with Gasteiger partial charge >= 0.3 is 5.97 Å². The van der Waals surface area contributed by atoms with Crippen LogP contribution >= 0.6 is 0 Å². The summed E-state index contributed by atoms with van der Waals surface area (Å²) in [5.74, 6) is -0.563. The summed E-state index contributed by atoms with van der Waals surface area (Å²) in [5, 5.41) is 0. The third kappa shape index (κ3) is 3.54. The van der Waals surface area contributed by atoms with E-state index in [-0.39, 0.29) is 16.5 Å². The standard InChI is InChI=1S/C11H15NO4S/c1-8(2)12-17(14,15)10-6-4-5-9(7-10)11(13)16-3/h4-8,12H,1-3H3. The molecule has 94 valence electrons. The number of carbonyl (C=O) groups excluding carboxylic acids is 1. The van der Waals surface area contributed by atoms with Crippen molar-refractivity contribution >= 4 is 16.0 Å². The zero-order valence-corrected chi connectivity index (χ0v) is 10.7. The minimum absolute atomic E-state index is 0.0501. The maximum absolute atomic E-state index is 11.8. The van der Waals surface area contributed by atoms with E-state index >= 15 is 0 Å². The molecule has 0 unspecified atom stereocenters. The van der Waals surface area contributed by atoms with Gasteiger partial charge in [-0.1, -0.05) is 6.07 Å². The Balaban J connectivity index is 3.12. The number of methoxy groups -OCH3 is 1. The van der Waals surface area contributed by atoms with Crippen LogP contribution < -0.4 is 4.72 Å². The van der Waals surface area contributed by atoms with Crippen LogP contribution in [0.2, 0.25) is 0 Å². The van der Waals surface area contributed by atoms with Gasteiger partial charge in [-0.2, -0.15) is 0 Å². The largest absolute Gasteiger partial charge is 0.465 e. The smallest absolute Gasteiger partial charge is 0.337 e. The third-order valence-electron chi connectivity index (χ3n) is 1.96. The Kier molecular flexibility index (Phi) is 4.25. The Morgan fingerprint density at radius 2 is 2.00 bits per heavy atom. The molecule has 1 aromatic rings. The van der Waals surface area contributed by atoms with Gasteiger partial charge in [0.1, 0.15) is 0 Å². The SMILES string of the molecule is COC(=O)c1cccc(S(=O)(=O)NC(C)C)c1. The molecular formula is C11H15NO4S. The Hall–Kier alpha value is -1.40. The maximum Gasteiger partial charge on any atom is 0.337 e. The highest BCUT2D eigenvalue weighted by molar-refractivity contribution is 7.89. The van der Waals surface area contributed by atoms with Crippen LogP contribution in [0.25, 0.3) is 0 Å². The van der Waals surface area contributed by atoms with Crippen molar-refractivity contribution in [2.45, 2.75) is 24.8 Å². The van der Waals surface area contributed by atoms with E-state index in [1.54, 1.807) is 13.8 Å². The molecule has 17 heavy (non-hydrogen) atoms. The molecule has 0 fully saturated rings. The number of esters is 1. The van der Waals surface area contributed by atoms with Crippen LogP contribution in [0.3, 0.4) is 0 Å². The summed E-state index contributed by atoms with van der Waals surface area (Å²) in [6, 6.07) is 5.51. The Morgan fingerprint density at radius 1 is 1.35 bits per heavy atom. The average molecular weight is 257 g/mol. The average Bonchev–Trinajstić information content (AvgIpc) is 2.26. The zero-order valence-electron chi connectivity index (χ0n) is 9.93. The van der Waals surface area contributed by atoms with E-state index < -0.39 is 16.0 Å². The topological polar surface area (TPSA) is 72.5 Å². The molecule has 0 saturated heterocycles. The van der Waals surface area contributed by atoms with Crippen LogP contribution in [0, 0.1) is 0 Å². The van der Waals surface area contributed by atoms with Gasteiger partial charge in [0.2, 0.25) is 10.0 Å². The van der Waals surface area contributed by atoms with Crippen molar-refractivity contribution in [1.82, 2.24) is 4.72 Å². The number of rotatable bonds is 4. The fourth-order valence-corrected chi connectivity index (χ4v) is 2.58. The molecule has 1 aromatic carbocycles. The molecule has 1 N–H and O–H groups in total. The van der Waals surface area contributed by atoms with Crippen molar-refractivity contribution in [1.29, 1.82) is 0 Å². The summed E-state index contributed by atoms with van der Waals surface area (Å²) in [7, 11) is -2.34. The highest BCUT2D eigenvalue weighted by Crippen LogP contribution is 2.12. The van der Waals surface area contributed by atoms with Gasteiger partial charge in [-0.05, 0) is 32.0 Å². The molecular weight excluding hydrogens is 242 g/mol. The molecule has 0 bridgehead atoms. The fraction of sp³-hybridized carbons (Fsp3) is 0.364. The van der Waals surface area contributed by atoms with E-state index in [1.807, 2.05) is 0 Å². The van der Waals surface area contributed by atoms with Crippen molar-refractivity contribution in [3.8, 4) is 0 Å². The van der Waals surface area contributed by atoms with E-state index in [1.165, 1.54) is 31.4 Å². The van der Waals surface area contributed by atoms with Gasteiger partial charge in [-0.15, -0.1) is 0 Å². The molecule has 0 heterocycles. The molecule has 5 nitrogen and oxygen atoms in total. The number of hydrogen-bond donors (Lipinski definition) is 1. The van der Waals surface area contributed by atoms with Gasteiger partial charge in [0, 0.05) is 6.04 Å². The van der Waals surface area contributed by atoms with E-state index in [9.17, 15) is 13.2 Å². The second kappa shape index (κ2) is 5.29. The van der Waals surface area contributed by atoms with Crippen LogP contribution in [-0.4, -0.2) is 27.5 Å². The number of sulfonamides is 1. The maximum atomic E-state index is 11.8. The minimum atomic E-state index is -3.58. The fourth-order valence-electron chi connectivity index (χ4n) is 1.29. The number of hydrogen-bond acceptors (Lipinski definition) is 4. The minimum Gasteiger partial charge on any atom is -0.465 e. The van der Waals surface area contributed by atoms with Gasteiger partial charge in [0.05, 0.1) is 17.6 Å². The van der Waals surface area contributed by atoms with Gasteiger partial charge in [0.15, 0.2) is 0 Å². The summed E-state index contributed by atoms with van der Waals surface area (Å²) >= 11 is 0. The van der Waals surface area contributed by atoms with Gasteiger partial charge in [-0.25, -0.2) is 17.9 Å². The van der Waals surface area contributed by atoms with E-state index in [2.05, 4.69) is 9.46 Å². The van der Waals surface area contributed by atoms with Crippen molar-refractivity contribution in [2.75, 3.05) is 7.11 Å². The lowest BCUT2D eigenvalue weighted by molar-refractivity contribution is 0.0600. The lowest BCUT2D eigenvalue weighted by Gasteiger charge is -2.10. The molecule has 0 atom stereocenters. The lowest BCUT2D eigenvalue weighted by atomic mass is 10.2. The molecule has 0 aromatic heterocycles. The highest BCUT2D eigenvalue weighted by Gasteiger charge is 2.17. The predicted octanol–water partition coefficient (Wildman–Crippen LogP) is 1.16. The normalized spacial score (nSPS) is 11.5. The number of ether oxygens (including phenoxy) is 1. The van der Waals surface area contributed by atoms with Crippen molar-refractivity contribution < 1.29 is 17.9 Å². The molecule has 6 heteroatoms. The summed E-state index contributed by atoms with van der Waals surface area (Å²) < 4.78 is 30.7. The summed E-state index contributed by atoms with van der Waals surface area (Å²) in [6.07, 6.45) is 0. The second-order valence-electron chi connectivity index (χ2n) is 3.80. The quantitative estimate of drug-likeness (QED) is 0.821.